The van der Waals surface area contributed by atoms with Gasteiger partial charge in [-0.1, -0.05) is 45.7 Å². The molecule has 5 nitrogen and oxygen atoms in total. The Morgan fingerprint density at radius 3 is 2.59 bits per heavy atom. The minimum atomic E-state index is -0.0899. The van der Waals surface area contributed by atoms with Gasteiger partial charge in [0, 0.05) is 26.3 Å². The second-order valence-electron chi connectivity index (χ2n) is 6.44. The van der Waals surface area contributed by atoms with Crippen LogP contribution in [-0.4, -0.2) is 15.9 Å². The predicted octanol–water partition coefficient (Wildman–Crippen LogP) is 5.97. The van der Waals surface area contributed by atoms with Crippen molar-refractivity contribution < 1.29 is 4.79 Å². The summed E-state index contributed by atoms with van der Waals surface area (Å²) in [6.07, 6.45) is 1.80. The smallest absolute Gasteiger partial charge is 0.228 e. The van der Waals surface area contributed by atoms with Gasteiger partial charge >= 0.3 is 0 Å². The third-order valence-electron chi connectivity index (χ3n) is 4.28. The molecular weight excluding hydrogens is 452 g/mol. The van der Waals surface area contributed by atoms with Crippen molar-refractivity contribution in [2.45, 2.75) is 6.42 Å². The van der Waals surface area contributed by atoms with Crippen molar-refractivity contribution in [2.24, 2.45) is 0 Å². The number of carbonyl (C=O) groups is 1. The summed E-state index contributed by atoms with van der Waals surface area (Å²) in [7, 11) is 0. The molecule has 0 unspecified atom stereocenters. The molecule has 29 heavy (non-hydrogen) atoms. The number of aromatic nitrogens is 2. The molecule has 4 aromatic rings. The largest absolute Gasteiger partial charge is 0.340 e. The summed E-state index contributed by atoms with van der Waals surface area (Å²) in [5, 5.41) is 7.64. The van der Waals surface area contributed by atoms with Crippen LogP contribution in [0.4, 0.5) is 17.2 Å². The first-order valence-corrected chi connectivity index (χ1v) is 10.1. The van der Waals surface area contributed by atoms with Crippen molar-refractivity contribution in [1.82, 2.24) is 9.97 Å². The number of benzene rings is 3. The average molecular weight is 468 g/mol. The number of anilines is 3. The molecule has 0 fully saturated rings. The Hall–Kier alpha value is -2.96. The van der Waals surface area contributed by atoms with Crippen LogP contribution in [0.1, 0.15) is 5.56 Å². The van der Waals surface area contributed by atoms with Crippen LogP contribution in [0.25, 0.3) is 10.9 Å². The van der Waals surface area contributed by atoms with Gasteiger partial charge in [-0.3, -0.25) is 4.79 Å². The molecule has 1 amide bonds. The second kappa shape index (κ2) is 8.59. The summed E-state index contributed by atoms with van der Waals surface area (Å²) >= 11 is 9.46. The first-order valence-electron chi connectivity index (χ1n) is 8.88. The van der Waals surface area contributed by atoms with Gasteiger partial charge in [0.25, 0.3) is 0 Å². The Morgan fingerprint density at radius 2 is 1.79 bits per heavy atom. The lowest BCUT2D eigenvalue weighted by atomic mass is 10.1. The molecule has 0 aliphatic rings. The van der Waals surface area contributed by atoms with Crippen LogP contribution in [0, 0.1) is 0 Å². The molecule has 1 heterocycles. The highest BCUT2D eigenvalue weighted by Crippen LogP contribution is 2.27. The van der Waals surface area contributed by atoms with Gasteiger partial charge in [0.05, 0.1) is 11.9 Å². The molecule has 7 heteroatoms. The highest BCUT2D eigenvalue weighted by atomic mass is 79.9. The molecule has 0 bridgehead atoms. The zero-order valence-corrected chi connectivity index (χ0v) is 17.5. The van der Waals surface area contributed by atoms with E-state index in [0.717, 1.165) is 26.6 Å². The third kappa shape index (κ3) is 4.91. The predicted molar refractivity (Wildman–Crippen MR) is 121 cm³/mol. The van der Waals surface area contributed by atoms with Gasteiger partial charge in [0.15, 0.2) is 0 Å². The number of amides is 1. The second-order valence-corrected chi connectivity index (χ2v) is 7.79. The van der Waals surface area contributed by atoms with Gasteiger partial charge in [-0.15, -0.1) is 0 Å². The standard InChI is InChI=1S/C22H16BrClN4O/c23-15-6-4-14(5-7-15)10-21(29)27-18-8-9-20-19(12-18)22(26-13-25-20)28-17-3-1-2-16(24)11-17/h1-9,11-13H,10H2,(H,27,29)(H,25,26,28). The molecule has 0 aliphatic heterocycles. The molecule has 0 aliphatic carbocycles. The maximum atomic E-state index is 12.4. The number of hydrogen-bond donors (Lipinski definition) is 2. The van der Waals surface area contributed by atoms with E-state index in [4.69, 9.17) is 11.6 Å². The fraction of sp³-hybridized carbons (Fsp3) is 0.0455. The van der Waals surface area contributed by atoms with Crippen LogP contribution in [0.5, 0.6) is 0 Å². The van der Waals surface area contributed by atoms with Crippen molar-refractivity contribution in [3.8, 4) is 0 Å². The van der Waals surface area contributed by atoms with Crippen molar-refractivity contribution in [3.63, 3.8) is 0 Å². The van der Waals surface area contributed by atoms with Crippen LogP contribution in [0.3, 0.4) is 0 Å². The van der Waals surface area contributed by atoms with E-state index >= 15 is 0 Å². The molecule has 2 N–H and O–H groups in total. The lowest BCUT2D eigenvalue weighted by Gasteiger charge is -2.11. The summed E-state index contributed by atoms with van der Waals surface area (Å²) in [4.78, 5) is 21.1. The number of nitrogens with zero attached hydrogens (tertiary/aromatic N) is 2. The molecule has 0 saturated heterocycles. The third-order valence-corrected chi connectivity index (χ3v) is 5.05. The number of nitrogens with one attached hydrogen (secondary N) is 2. The van der Waals surface area contributed by atoms with Crippen molar-refractivity contribution in [1.29, 1.82) is 0 Å². The number of rotatable bonds is 5. The average Bonchev–Trinajstić information content (AvgIpc) is 2.70. The maximum Gasteiger partial charge on any atom is 0.228 e. The Morgan fingerprint density at radius 1 is 0.966 bits per heavy atom. The quantitative estimate of drug-likeness (QED) is 0.379. The Balaban J connectivity index is 1.56. The van der Waals surface area contributed by atoms with E-state index in [1.165, 1.54) is 6.33 Å². The molecule has 0 radical (unpaired) electrons. The maximum absolute atomic E-state index is 12.4. The van der Waals surface area contributed by atoms with Crippen molar-refractivity contribution in [3.05, 3.63) is 88.1 Å². The van der Waals surface area contributed by atoms with E-state index in [1.54, 1.807) is 0 Å². The van der Waals surface area contributed by atoms with Gasteiger partial charge in [-0.2, -0.15) is 0 Å². The Bertz CT molecular complexity index is 1180. The lowest BCUT2D eigenvalue weighted by molar-refractivity contribution is -0.115. The Kier molecular flexibility index (Phi) is 5.74. The number of halogens is 2. The van der Waals surface area contributed by atoms with E-state index in [9.17, 15) is 4.79 Å². The van der Waals surface area contributed by atoms with Crippen molar-refractivity contribution in [2.75, 3.05) is 10.6 Å². The first-order chi connectivity index (χ1) is 14.1. The summed E-state index contributed by atoms with van der Waals surface area (Å²) in [5.41, 5.74) is 3.22. The highest BCUT2D eigenvalue weighted by molar-refractivity contribution is 9.10. The van der Waals surface area contributed by atoms with Crippen LogP contribution in [-0.2, 0) is 11.2 Å². The van der Waals surface area contributed by atoms with E-state index in [0.29, 0.717) is 22.9 Å². The van der Waals surface area contributed by atoms with E-state index in [2.05, 4.69) is 36.5 Å². The fourth-order valence-electron chi connectivity index (χ4n) is 2.93. The topological polar surface area (TPSA) is 66.9 Å². The van der Waals surface area contributed by atoms with Gasteiger partial charge < -0.3 is 10.6 Å². The minimum absolute atomic E-state index is 0.0899. The van der Waals surface area contributed by atoms with E-state index < -0.39 is 0 Å². The van der Waals surface area contributed by atoms with Crippen LogP contribution < -0.4 is 10.6 Å². The normalized spacial score (nSPS) is 10.7. The van der Waals surface area contributed by atoms with Gasteiger partial charge in [-0.25, -0.2) is 9.97 Å². The SMILES string of the molecule is O=C(Cc1ccc(Br)cc1)Nc1ccc2ncnc(Nc3cccc(Cl)c3)c2c1. The molecule has 0 saturated carbocycles. The number of hydrogen-bond acceptors (Lipinski definition) is 4. The summed E-state index contributed by atoms with van der Waals surface area (Å²) in [6.45, 7) is 0. The molecule has 0 atom stereocenters. The van der Waals surface area contributed by atoms with Crippen LogP contribution in [0.2, 0.25) is 5.02 Å². The highest BCUT2D eigenvalue weighted by Gasteiger charge is 2.09. The molecule has 3 aromatic carbocycles. The zero-order chi connectivity index (χ0) is 20.2. The first kappa shape index (κ1) is 19.4. The molecular formula is C22H16BrClN4O. The lowest BCUT2D eigenvalue weighted by Crippen LogP contribution is -2.14. The van der Waals surface area contributed by atoms with Gasteiger partial charge in [0.1, 0.15) is 12.1 Å². The van der Waals surface area contributed by atoms with Crippen LogP contribution >= 0.6 is 27.5 Å². The van der Waals surface area contributed by atoms with Crippen molar-refractivity contribution >= 4 is 61.5 Å². The molecule has 144 valence electrons. The Labute approximate surface area is 181 Å². The molecule has 1 aromatic heterocycles. The van der Waals surface area contributed by atoms with Gasteiger partial charge in [-0.05, 0) is 54.1 Å². The summed E-state index contributed by atoms with van der Waals surface area (Å²) in [6, 6.07) is 20.6. The van der Waals surface area contributed by atoms with E-state index in [-0.39, 0.29) is 5.91 Å². The number of fused-ring (bicyclic) bond motifs is 1. The van der Waals surface area contributed by atoms with E-state index in [1.807, 2.05) is 66.7 Å². The number of carbonyl (C=O) groups excluding carboxylic acids is 1. The fourth-order valence-corrected chi connectivity index (χ4v) is 3.38. The zero-order valence-electron chi connectivity index (χ0n) is 15.2. The molecule has 4 rings (SSSR count). The van der Waals surface area contributed by atoms with Gasteiger partial charge in [0.2, 0.25) is 5.91 Å². The molecule has 0 spiro atoms. The summed E-state index contributed by atoms with van der Waals surface area (Å²) in [5.74, 6) is 0.550. The van der Waals surface area contributed by atoms with Crippen LogP contribution in [0.15, 0.2) is 77.5 Å². The minimum Gasteiger partial charge on any atom is -0.340 e. The summed E-state index contributed by atoms with van der Waals surface area (Å²) < 4.78 is 0.982. The monoisotopic (exact) mass is 466 g/mol.